The first-order valence-electron chi connectivity index (χ1n) is 8.32. The molecule has 27 heavy (non-hydrogen) atoms. The minimum atomic E-state index is -0.690. The van der Waals surface area contributed by atoms with Crippen LogP contribution in [0.4, 0.5) is 11.5 Å². The van der Waals surface area contributed by atoms with Gasteiger partial charge in [0.1, 0.15) is 23.5 Å². The number of rotatable bonds is 4. The molecule has 0 aliphatic rings. The van der Waals surface area contributed by atoms with Crippen molar-refractivity contribution in [3.63, 3.8) is 0 Å². The number of anilines is 2. The van der Waals surface area contributed by atoms with Gasteiger partial charge in [0.05, 0.1) is 11.3 Å². The Labute approximate surface area is 155 Å². The lowest BCUT2D eigenvalue weighted by Crippen LogP contribution is -2.11. The predicted molar refractivity (Wildman–Crippen MR) is 103 cm³/mol. The van der Waals surface area contributed by atoms with Crippen LogP contribution in [0.25, 0.3) is 16.9 Å². The van der Waals surface area contributed by atoms with Crippen LogP contribution in [0.3, 0.4) is 0 Å². The lowest BCUT2D eigenvalue weighted by Gasteiger charge is -2.05. The summed E-state index contributed by atoms with van der Waals surface area (Å²) >= 11 is 0. The van der Waals surface area contributed by atoms with Gasteiger partial charge >= 0.3 is 0 Å². The number of aromatic nitrogens is 3. The molecular weight excluding hydrogens is 342 g/mol. The van der Waals surface area contributed by atoms with E-state index in [2.05, 4.69) is 15.3 Å². The number of fused-ring (bicyclic) bond motifs is 1. The van der Waals surface area contributed by atoms with Crippen molar-refractivity contribution in [2.45, 2.75) is 6.92 Å². The molecule has 0 atom stereocenters. The molecule has 2 heterocycles. The molecule has 4 rings (SSSR count). The van der Waals surface area contributed by atoms with Crippen molar-refractivity contribution in [1.29, 1.82) is 0 Å². The van der Waals surface area contributed by atoms with Gasteiger partial charge in [0, 0.05) is 23.5 Å². The van der Waals surface area contributed by atoms with Crippen molar-refractivity contribution >= 4 is 23.1 Å². The van der Waals surface area contributed by atoms with Crippen LogP contribution in [0.1, 0.15) is 15.9 Å². The van der Waals surface area contributed by atoms with E-state index >= 15 is 0 Å². The number of hydrogen-bond acceptors (Lipinski definition) is 5. The summed E-state index contributed by atoms with van der Waals surface area (Å²) in [5, 5.41) is 13.6. The van der Waals surface area contributed by atoms with E-state index in [4.69, 9.17) is 5.73 Å². The summed E-state index contributed by atoms with van der Waals surface area (Å²) in [6.45, 7) is 2.03. The average molecular weight is 359 g/mol. The van der Waals surface area contributed by atoms with Crippen molar-refractivity contribution in [2.24, 2.45) is 5.73 Å². The quantitative estimate of drug-likeness (QED) is 0.519. The lowest BCUT2D eigenvalue weighted by atomic mass is 10.1. The van der Waals surface area contributed by atoms with E-state index in [-0.39, 0.29) is 11.3 Å². The molecule has 134 valence electrons. The Balaban J connectivity index is 1.70. The maximum absolute atomic E-state index is 11.4. The third kappa shape index (κ3) is 3.18. The van der Waals surface area contributed by atoms with Crippen LogP contribution in [0, 0.1) is 6.92 Å². The molecule has 0 aliphatic carbocycles. The lowest BCUT2D eigenvalue weighted by molar-refractivity contribution is 0.0998. The number of carbonyl (C=O) groups is 1. The summed E-state index contributed by atoms with van der Waals surface area (Å²) in [5.41, 5.74) is 9.07. The van der Waals surface area contributed by atoms with Gasteiger partial charge in [0.15, 0.2) is 0 Å². The summed E-state index contributed by atoms with van der Waals surface area (Å²) in [7, 11) is 0. The third-order valence-electron chi connectivity index (χ3n) is 4.25. The number of aromatic hydroxyl groups is 1. The molecule has 0 bridgehead atoms. The highest BCUT2D eigenvalue weighted by Gasteiger charge is 2.15. The maximum Gasteiger partial charge on any atom is 0.252 e. The van der Waals surface area contributed by atoms with Crippen LogP contribution in [-0.4, -0.2) is 25.4 Å². The molecule has 2 aromatic heterocycles. The van der Waals surface area contributed by atoms with Crippen molar-refractivity contribution in [1.82, 2.24) is 14.4 Å². The van der Waals surface area contributed by atoms with Gasteiger partial charge in [-0.15, -0.1) is 0 Å². The van der Waals surface area contributed by atoms with Crippen LogP contribution in [0.5, 0.6) is 5.75 Å². The highest BCUT2D eigenvalue weighted by atomic mass is 16.3. The number of aryl methyl sites for hydroxylation is 1. The normalized spacial score (nSPS) is 10.9. The molecule has 0 fully saturated rings. The first kappa shape index (κ1) is 16.6. The molecule has 0 saturated carbocycles. The summed E-state index contributed by atoms with van der Waals surface area (Å²) in [6.07, 6.45) is 3.37. The molecule has 0 aliphatic heterocycles. The molecule has 1 amide bonds. The third-order valence-corrected chi connectivity index (χ3v) is 4.25. The Morgan fingerprint density at radius 1 is 1.19 bits per heavy atom. The molecule has 7 heteroatoms. The second kappa shape index (κ2) is 6.45. The fourth-order valence-corrected chi connectivity index (χ4v) is 2.82. The van der Waals surface area contributed by atoms with Gasteiger partial charge in [-0.05, 0) is 31.2 Å². The topological polar surface area (TPSA) is 106 Å². The van der Waals surface area contributed by atoms with E-state index in [1.807, 2.05) is 31.2 Å². The van der Waals surface area contributed by atoms with Crippen LogP contribution < -0.4 is 11.1 Å². The Morgan fingerprint density at radius 2 is 1.96 bits per heavy atom. The van der Waals surface area contributed by atoms with Crippen LogP contribution in [0.2, 0.25) is 0 Å². The molecule has 4 aromatic rings. The van der Waals surface area contributed by atoms with Crippen molar-refractivity contribution in [3.05, 3.63) is 72.2 Å². The number of para-hydroxylation sites is 1. The standard InChI is InChI=1S/C20H17N5O2/c1-12-5-7-13(8-6-12)23-17-9-18-24-16(10-25(18)11-22-17)14-3-2-4-15(19(14)26)20(21)27/h2-11,23,26H,1H3,(H2,21,27). The summed E-state index contributed by atoms with van der Waals surface area (Å²) in [5.74, 6) is -0.220. The Kier molecular flexibility index (Phi) is 3.97. The van der Waals surface area contributed by atoms with Gasteiger partial charge in [-0.25, -0.2) is 9.97 Å². The number of phenols is 1. The highest BCUT2D eigenvalue weighted by Crippen LogP contribution is 2.31. The zero-order chi connectivity index (χ0) is 19.0. The molecule has 0 radical (unpaired) electrons. The monoisotopic (exact) mass is 359 g/mol. The van der Waals surface area contributed by atoms with E-state index in [1.165, 1.54) is 11.6 Å². The van der Waals surface area contributed by atoms with Gasteiger partial charge in [-0.2, -0.15) is 0 Å². The van der Waals surface area contributed by atoms with Crippen LogP contribution in [-0.2, 0) is 0 Å². The maximum atomic E-state index is 11.4. The summed E-state index contributed by atoms with van der Waals surface area (Å²) in [4.78, 5) is 20.3. The fraction of sp³-hybridized carbons (Fsp3) is 0.0500. The van der Waals surface area contributed by atoms with E-state index in [9.17, 15) is 9.90 Å². The Bertz CT molecular complexity index is 1150. The van der Waals surface area contributed by atoms with E-state index < -0.39 is 5.91 Å². The zero-order valence-electron chi connectivity index (χ0n) is 14.5. The largest absolute Gasteiger partial charge is 0.506 e. The average Bonchev–Trinajstić information content (AvgIpc) is 3.06. The molecule has 4 N–H and O–H groups in total. The second-order valence-electron chi connectivity index (χ2n) is 6.22. The smallest absolute Gasteiger partial charge is 0.252 e. The minimum Gasteiger partial charge on any atom is -0.506 e. The molecule has 2 aromatic carbocycles. The van der Waals surface area contributed by atoms with Crippen LogP contribution in [0.15, 0.2) is 61.1 Å². The number of nitrogens with one attached hydrogen (secondary N) is 1. The van der Waals surface area contributed by atoms with Gasteiger partial charge < -0.3 is 16.2 Å². The van der Waals surface area contributed by atoms with Crippen LogP contribution >= 0.6 is 0 Å². The predicted octanol–water partition coefficient (Wildman–Crippen LogP) is 3.25. The number of primary amides is 1. The number of amides is 1. The Morgan fingerprint density at radius 3 is 2.70 bits per heavy atom. The van der Waals surface area contributed by atoms with Crippen molar-refractivity contribution in [3.8, 4) is 17.0 Å². The summed E-state index contributed by atoms with van der Waals surface area (Å²) < 4.78 is 1.74. The summed E-state index contributed by atoms with van der Waals surface area (Å²) in [6, 6.07) is 14.6. The number of carbonyl (C=O) groups excluding carboxylic acids is 1. The number of hydrogen-bond donors (Lipinski definition) is 3. The number of imidazole rings is 1. The van der Waals surface area contributed by atoms with Gasteiger partial charge in [-0.3, -0.25) is 9.20 Å². The Hall–Kier alpha value is -3.87. The van der Waals surface area contributed by atoms with Gasteiger partial charge in [-0.1, -0.05) is 23.8 Å². The number of benzene rings is 2. The molecule has 0 spiro atoms. The van der Waals surface area contributed by atoms with Crippen molar-refractivity contribution < 1.29 is 9.90 Å². The van der Waals surface area contributed by atoms with E-state index in [0.717, 1.165) is 5.69 Å². The first-order chi connectivity index (χ1) is 13.0. The second-order valence-corrected chi connectivity index (χ2v) is 6.22. The van der Waals surface area contributed by atoms with Gasteiger partial charge in [0.2, 0.25) is 0 Å². The molecular formula is C20H17N5O2. The number of nitrogens with two attached hydrogens (primary N) is 1. The molecule has 7 nitrogen and oxygen atoms in total. The first-order valence-corrected chi connectivity index (χ1v) is 8.32. The SMILES string of the molecule is Cc1ccc(Nc2cc3nc(-c4cccc(C(N)=O)c4O)cn3cn2)cc1. The molecule has 0 unspecified atom stereocenters. The highest BCUT2D eigenvalue weighted by molar-refractivity contribution is 5.97. The zero-order valence-corrected chi connectivity index (χ0v) is 14.5. The molecule has 0 saturated heterocycles. The minimum absolute atomic E-state index is 0.0596. The van der Waals surface area contributed by atoms with Gasteiger partial charge in [0.25, 0.3) is 5.91 Å². The van der Waals surface area contributed by atoms with Crippen molar-refractivity contribution in [2.75, 3.05) is 5.32 Å². The van der Waals surface area contributed by atoms with E-state index in [0.29, 0.717) is 22.7 Å². The fourth-order valence-electron chi connectivity index (χ4n) is 2.82. The van der Waals surface area contributed by atoms with E-state index in [1.54, 1.807) is 35.1 Å². The number of nitrogens with zero attached hydrogens (tertiary/aromatic N) is 3.